The summed E-state index contributed by atoms with van der Waals surface area (Å²) >= 11 is 0. The van der Waals surface area contributed by atoms with Crippen molar-refractivity contribution in [2.24, 2.45) is 0 Å². The molecule has 0 bridgehead atoms. The summed E-state index contributed by atoms with van der Waals surface area (Å²) < 4.78 is 0. The first-order valence-electron chi connectivity index (χ1n) is 4.52. The van der Waals surface area contributed by atoms with Crippen molar-refractivity contribution in [2.45, 2.75) is 18.8 Å². The molecule has 14 heavy (non-hydrogen) atoms. The van der Waals surface area contributed by atoms with Gasteiger partial charge >= 0.3 is 0 Å². The number of nitrogens with zero attached hydrogens (tertiary/aromatic N) is 2. The Kier molecular flexibility index (Phi) is 2.26. The van der Waals surface area contributed by atoms with E-state index in [0.717, 1.165) is 24.2 Å². The summed E-state index contributed by atoms with van der Waals surface area (Å²) in [6.45, 7) is 3.72. The van der Waals surface area contributed by atoms with E-state index in [1.807, 2.05) is 0 Å². The molecule has 4 nitrogen and oxygen atoms in total. The molecule has 1 unspecified atom stereocenters. The number of carbonyl (C=O) groups is 1. The summed E-state index contributed by atoms with van der Waals surface area (Å²) in [4.78, 5) is 19.6. The third-order valence-electron chi connectivity index (χ3n) is 2.29. The molecule has 1 amide bonds. The molecule has 2 rings (SSSR count). The lowest BCUT2D eigenvalue weighted by Gasteiger charge is -2.22. The lowest BCUT2D eigenvalue weighted by atomic mass is 9.94. The van der Waals surface area contributed by atoms with Crippen LogP contribution in [-0.4, -0.2) is 15.9 Å². The zero-order chi connectivity index (χ0) is 9.97. The maximum atomic E-state index is 11.6. The summed E-state index contributed by atoms with van der Waals surface area (Å²) in [6.07, 6.45) is 6.42. The van der Waals surface area contributed by atoms with Crippen LogP contribution in [-0.2, 0) is 4.79 Å². The maximum Gasteiger partial charge on any atom is 0.233 e. The van der Waals surface area contributed by atoms with Crippen molar-refractivity contribution in [3.05, 3.63) is 36.6 Å². The van der Waals surface area contributed by atoms with Gasteiger partial charge in [-0.15, -0.1) is 0 Å². The van der Waals surface area contributed by atoms with E-state index >= 15 is 0 Å². The highest BCUT2D eigenvalue weighted by Crippen LogP contribution is 2.24. The van der Waals surface area contributed by atoms with Crippen LogP contribution in [0, 0.1) is 0 Å². The van der Waals surface area contributed by atoms with Crippen LogP contribution < -0.4 is 5.32 Å². The van der Waals surface area contributed by atoms with E-state index in [9.17, 15) is 4.79 Å². The quantitative estimate of drug-likeness (QED) is 0.716. The highest BCUT2D eigenvalue weighted by molar-refractivity contribution is 5.85. The molecule has 1 atom stereocenters. The van der Waals surface area contributed by atoms with E-state index in [2.05, 4.69) is 21.9 Å². The van der Waals surface area contributed by atoms with Gasteiger partial charge in [0.05, 0.1) is 11.6 Å². The van der Waals surface area contributed by atoms with Crippen molar-refractivity contribution in [2.75, 3.05) is 0 Å². The molecule has 1 fully saturated rings. The van der Waals surface area contributed by atoms with Gasteiger partial charge in [0, 0.05) is 24.3 Å². The second-order valence-electron chi connectivity index (χ2n) is 3.31. The molecule has 1 aliphatic rings. The van der Waals surface area contributed by atoms with Crippen molar-refractivity contribution in [3.8, 4) is 0 Å². The average Bonchev–Trinajstić information content (AvgIpc) is 2.19. The minimum atomic E-state index is -0.172. The molecular weight excluding hydrogens is 178 g/mol. The van der Waals surface area contributed by atoms with Gasteiger partial charge in [0.15, 0.2) is 0 Å². The molecule has 72 valence electrons. The van der Waals surface area contributed by atoms with Gasteiger partial charge < -0.3 is 5.32 Å². The van der Waals surface area contributed by atoms with Gasteiger partial charge in [-0.1, -0.05) is 6.58 Å². The number of hydrogen-bond acceptors (Lipinski definition) is 3. The SMILES string of the molecule is C=C1CCC(c2cnccn2)C(=O)N1. The molecule has 1 saturated heterocycles. The van der Waals surface area contributed by atoms with Gasteiger partial charge in [0.1, 0.15) is 0 Å². The van der Waals surface area contributed by atoms with Crippen molar-refractivity contribution in [1.29, 1.82) is 0 Å². The third-order valence-corrected chi connectivity index (χ3v) is 2.29. The maximum absolute atomic E-state index is 11.6. The average molecular weight is 189 g/mol. The molecule has 2 heterocycles. The molecule has 0 spiro atoms. The summed E-state index contributed by atoms with van der Waals surface area (Å²) in [5.74, 6) is -0.198. The molecule has 0 aliphatic carbocycles. The Morgan fingerprint density at radius 1 is 1.50 bits per heavy atom. The Morgan fingerprint density at radius 3 is 3.00 bits per heavy atom. The molecule has 0 aromatic carbocycles. The van der Waals surface area contributed by atoms with Crippen LogP contribution in [0.5, 0.6) is 0 Å². The Bertz CT molecular complexity index is 361. The minimum absolute atomic E-state index is 0.0262. The minimum Gasteiger partial charge on any atom is -0.330 e. The smallest absolute Gasteiger partial charge is 0.233 e. The zero-order valence-electron chi connectivity index (χ0n) is 7.73. The van der Waals surface area contributed by atoms with E-state index in [1.165, 1.54) is 0 Å². The van der Waals surface area contributed by atoms with Crippen LogP contribution in [0.4, 0.5) is 0 Å². The highest BCUT2D eigenvalue weighted by atomic mass is 16.2. The Labute approximate surface area is 82.1 Å². The fourth-order valence-electron chi connectivity index (χ4n) is 1.55. The predicted octanol–water partition coefficient (Wildman–Crippen LogP) is 0.984. The second kappa shape index (κ2) is 3.57. The monoisotopic (exact) mass is 189 g/mol. The van der Waals surface area contributed by atoms with Crippen molar-refractivity contribution in [1.82, 2.24) is 15.3 Å². The number of hydrogen-bond donors (Lipinski definition) is 1. The number of nitrogens with one attached hydrogen (secondary N) is 1. The van der Waals surface area contributed by atoms with E-state index in [0.29, 0.717) is 0 Å². The fourth-order valence-corrected chi connectivity index (χ4v) is 1.55. The van der Waals surface area contributed by atoms with E-state index < -0.39 is 0 Å². The largest absolute Gasteiger partial charge is 0.330 e. The zero-order valence-corrected chi connectivity index (χ0v) is 7.73. The first-order chi connectivity index (χ1) is 6.77. The number of aromatic nitrogens is 2. The standard InChI is InChI=1S/C10H11N3O/c1-7-2-3-8(10(14)13-7)9-6-11-4-5-12-9/h4-6,8H,1-3H2,(H,13,14). The van der Waals surface area contributed by atoms with Gasteiger partial charge in [-0.3, -0.25) is 14.8 Å². The normalized spacial score (nSPS) is 21.9. The number of rotatable bonds is 1. The molecule has 1 N–H and O–H groups in total. The highest BCUT2D eigenvalue weighted by Gasteiger charge is 2.26. The lowest BCUT2D eigenvalue weighted by molar-refractivity contribution is -0.122. The molecule has 0 radical (unpaired) electrons. The van der Waals surface area contributed by atoms with E-state index in [-0.39, 0.29) is 11.8 Å². The third kappa shape index (κ3) is 1.64. The lowest BCUT2D eigenvalue weighted by Crippen LogP contribution is -2.33. The summed E-state index contributed by atoms with van der Waals surface area (Å²) in [6, 6.07) is 0. The number of amides is 1. The van der Waals surface area contributed by atoms with Gasteiger partial charge in [-0.05, 0) is 12.8 Å². The molecule has 4 heteroatoms. The van der Waals surface area contributed by atoms with Gasteiger partial charge in [0.2, 0.25) is 5.91 Å². The summed E-state index contributed by atoms with van der Waals surface area (Å²) in [5.41, 5.74) is 1.52. The fraction of sp³-hybridized carbons (Fsp3) is 0.300. The first kappa shape index (κ1) is 8.87. The Hall–Kier alpha value is -1.71. The first-order valence-corrected chi connectivity index (χ1v) is 4.52. The van der Waals surface area contributed by atoms with Crippen molar-refractivity contribution >= 4 is 5.91 Å². The van der Waals surface area contributed by atoms with Gasteiger partial charge in [0.25, 0.3) is 0 Å². The molecule has 1 aliphatic heterocycles. The number of piperidine rings is 1. The topological polar surface area (TPSA) is 54.9 Å². The van der Waals surface area contributed by atoms with Crippen LogP contribution in [0.3, 0.4) is 0 Å². The van der Waals surface area contributed by atoms with E-state index in [4.69, 9.17) is 0 Å². The Morgan fingerprint density at radius 2 is 2.36 bits per heavy atom. The van der Waals surface area contributed by atoms with Crippen LogP contribution in [0.1, 0.15) is 24.5 Å². The number of allylic oxidation sites excluding steroid dienone is 1. The van der Waals surface area contributed by atoms with Gasteiger partial charge in [-0.2, -0.15) is 0 Å². The van der Waals surface area contributed by atoms with Crippen molar-refractivity contribution < 1.29 is 4.79 Å². The van der Waals surface area contributed by atoms with E-state index in [1.54, 1.807) is 18.6 Å². The second-order valence-corrected chi connectivity index (χ2v) is 3.31. The van der Waals surface area contributed by atoms with Crippen molar-refractivity contribution in [3.63, 3.8) is 0 Å². The van der Waals surface area contributed by atoms with Crippen LogP contribution >= 0.6 is 0 Å². The summed E-state index contributed by atoms with van der Waals surface area (Å²) in [5, 5.41) is 2.73. The Balaban J connectivity index is 2.20. The van der Waals surface area contributed by atoms with Crippen LogP contribution in [0.2, 0.25) is 0 Å². The van der Waals surface area contributed by atoms with Crippen LogP contribution in [0.15, 0.2) is 30.9 Å². The molecule has 0 saturated carbocycles. The summed E-state index contributed by atoms with van der Waals surface area (Å²) in [7, 11) is 0. The predicted molar refractivity (Wildman–Crippen MR) is 51.3 cm³/mol. The van der Waals surface area contributed by atoms with Crippen LogP contribution in [0.25, 0.3) is 0 Å². The molecule has 1 aromatic rings. The van der Waals surface area contributed by atoms with Gasteiger partial charge in [-0.25, -0.2) is 0 Å². The molecular formula is C10H11N3O. The molecule has 1 aromatic heterocycles. The number of carbonyl (C=O) groups excluding carboxylic acids is 1.